The lowest BCUT2D eigenvalue weighted by atomic mass is 10.1. The summed E-state index contributed by atoms with van der Waals surface area (Å²) in [5.74, 6) is 0.756. The molecule has 0 saturated carbocycles. The van der Waals surface area contributed by atoms with Crippen LogP contribution in [0.4, 0.5) is 0 Å². The van der Waals surface area contributed by atoms with E-state index in [9.17, 15) is 0 Å². The van der Waals surface area contributed by atoms with Crippen LogP contribution >= 0.6 is 0 Å². The lowest BCUT2D eigenvalue weighted by Gasteiger charge is -2.05. The van der Waals surface area contributed by atoms with Crippen LogP contribution in [0.1, 0.15) is 17.9 Å². The molecule has 0 radical (unpaired) electrons. The maximum Gasteiger partial charge on any atom is 0.181 e. The Kier molecular flexibility index (Phi) is 3.43. The van der Waals surface area contributed by atoms with Crippen molar-refractivity contribution in [2.45, 2.75) is 19.8 Å². The van der Waals surface area contributed by atoms with Crippen LogP contribution in [-0.2, 0) is 6.42 Å². The van der Waals surface area contributed by atoms with Gasteiger partial charge in [0.2, 0.25) is 0 Å². The van der Waals surface area contributed by atoms with Crippen molar-refractivity contribution in [3.8, 4) is 11.3 Å². The molecule has 0 aliphatic carbocycles. The Balaban J connectivity index is 2.01. The second-order valence-corrected chi connectivity index (χ2v) is 4.67. The number of rotatable bonds is 4. The Bertz CT molecular complexity index is 737. The highest BCUT2D eigenvalue weighted by molar-refractivity contribution is 5.78. The Hall–Kier alpha value is -2.27. The van der Waals surface area contributed by atoms with Crippen molar-refractivity contribution in [1.82, 2.24) is 15.0 Å². The van der Waals surface area contributed by atoms with E-state index in [2.05, 4.69) is 15.0 Å². The molecule has 20 heavy (non-hydrogen) atoms. The number of oxazole rings is 1. The second kappa shape index (κ2) is 5.38. The predicted molar refractivity (Wildman–Crippen MR) is 75.2 cm³/mol. The van der Waals surface area contributed by atoms with Gasteiger partial charge in [-0.2, -0.15) is 0 Å². The molecule has 102 valence electrons. The highest BCUT2D eigenvalue weighted by atomic mass is 16.3. The summed E-state index contributed by atoms with van der Waals surface area (Å²) in [5.41, 5.74) is 4.34. The summed E-state index contributed by atoms with van der Waals surface area (Å²) in [5, 5.41) is 8.90. The predicted octanol–water partition coefficient (Wildman–Crippen LogP) is 2.52. The standard InChI is InChI=1S/C15H15N3O2/c1-10-7-13(18-15(17-10)3-2-6-19)11-4-5-12-14(8-11)20-9-16-12/h4-5,7-9,19H,2-3,6H2,1H3. The van der Waals surface area contributed by atoms with Crippen LogP contribution < -0.4 is 0 Å². The third-order valence-corrected chi connectivity index (χ3v) is 3.09. The van der Waals surface area contributed by atoms with E-state index in [-0.39, 0.29) is 6.61 Å². The van der Waals surface area contributed by atoms with Crippen LogP contribution in [0.3, 0.4) is 0 Å². The van der Waals surface area contributed by atoms with Gasteiger partial charge in [-0.1, -0.05) is 6.07 Å². The fourth-order valence-electron chi connectivity index (χ4n) is 2.14. The average molecular weight is 269 g/mol. The van der Waals surface area contributed by atoms with Gasteiger partial charge >= 0.3 is 0 Å². The molecule has 0 unspecified atom stereocenters. The Morgan fingerprint density at radius 1 is 1.20 bits per heavy atom. The van der Waals surface area contributed by atoms with Gasteiger partial charge in [-0.25, -0.2) is 15.0 Å². The van der Waals surface area contributed by atoms with E-state index < -0.39 is 0 Å². The van der Waals surface area contributed by atoms with Crippen LogP contribution in [0.2, 0.25) is 0 Å². The van der Waals surface area contributed by atoms with Crippen LogP contribution in [0.5, 0.6) is 0 Å². The van der Waals surface area contributed by atoms with Crippen molar-refractivity contribution >= 4 is 11.1 Å². The summed E-state index contributed by atoms with van der Waals surface area (Å²) >= 11 is 0. The molecule has 0 aliphatic rings. The van der Waals surface area contributed by atoms with Crippen molar-refractivity contribution < 1.29 is 9.52 Å². The van der Waals surface area contributed by atoms with Crippen LogP contribution in [0, 0.1) is 6.92 Å². The molecule has 2 heterocycles. The monoisotopic (exact) mass is 269 g/mol. The first-order valence-corrected chi connectivity index (χ1v) is 6.55. The molecule has 2 aromatic heterocycles. The summed E-state index contributed by atoms with van der Waals surface area (Å²) in [7, 11) is 0. The molecule has 0 saturated heterocycles. The highest BCUT2D eigenvalue weighted by Gasteiger charge is 2.07. The van der Waals surface area contributed by atoms with Gasteiger partial charge in [-0.15, -0.1) is 0 Å². The third kappa shape index (κ3) is 2.53. The van der Waals surface area contributed by atoms with E-state index >= 15 is 0 Å². The van der Waals surface area contributed by atoms with Crippen LogP contribution in [-0.4, -0.2) is 26.7 Å². The Morgan fingerprint density at radius 3 is 2.95 bits per heavy atom. The molecular weight excluding hydrogens is 254 g/mol. The smallest absolute Gasteiger partial charge is 0.181 e. The largest absolute Gasteiger partial charge is 0.443 e. The number of benzene rings is 1. The molecule has 1 N–H and O–H groups in total. The summed E-state index contributed by atoms with van der Waals surface area (Å²) in [6, 6.07) is 7.77. The number of aryl methyl sites for hydroxylation is 2. The van der Waals surface area contributed by atoms with Crippen molar-refractivity contribution in [3.63, 3.8) is 0 Å². The number of aliphatic hydroxyl groups is 1. The zero-order chi connectivity index (χ0) is 13.9. The van der Waals surface area contributed by atoms with E-state index in [1.165, 1.54) is 6.39 Å². The Morgan fingerprint density at radius 2 is 2.10 bits per heavy atom. The minimum absolute atomic E-state index is 0.149. The molecule has 3 aromatic rings. The molecule has 5 nitrogen and oxygen atoms in total. The molecule has 0 fully saturated rings. The Labute approximate surface area is 116 Å². The van der Waals surface area contributed by atoms with Gasteiger partial charge < -0.3 is 9.52 Å². The van der Waals surface area contributed by atoms with Gasteiger partial charge in [-0.3, -0.25) is 0 Å². The van der Waals surface area contributed by atoms with E-state index in [4.69, 9.17) is 9.52 Å². The summed E-state index contributed by atoms with van der Waals surface area (Å²) in [4.78, 5) is 13.0. The number of nitrogens with zero attached hydrogens (tertiary/aromatic N) is 3. The fraction of sp³-hybridized carbons (Fsp3) is 0.267. The number of aromatic nitrogens is 3. The molecule has 0 atom stereocenters. The zero-order valence-corrected chi connectivity index (χ0v) is 11.2. The first kappa shape index (κ1) is 12.7. The molecular formula is C15H15N3O2. The number of hydrogen-bond donors (Lipinski definition) is 1. The maximum atomic E-state index is 8.90. The normalized spacial score (nSPS) is 11.1. The van der Waals surface area contributed by atoms with Gasteiger partial charge in [0.15, 0.2) is 12.0 Å². The molecule has 5 heteroatoms. The number of aliphatic hydroxyl groups excluding tert-OH is 1. The van der Waals surface area contributed by atoms with Gasteiger partial charge in [-0.05, 0) is 31.5 Å². The first-order chi connectivity index (χ1) is 9.76. The van der Waals surface area contributed by atoms with Crippen molar-refractivity contribution in [3.05, 3.63) is 42.2 Å². The summed E-state index contributed by atoms with van der Waals surface area (Å²) in [6.45, 7) is 2.09. The van der Waals surface area contributed by atoms with Gasteiger partial charge in [0, 0.05) is 24.3 Å². The van der Waals surface area contributed by atoms with E-state index in [1.807, 2.05) is 31.2 Å². The van der Waals surface area contributed by atoms with Crippen molar-refractivity contribution in [2.75, 3.05) is 6.61 Å². The van der Waals surface area contributed by atoms with Crippen molar-refractivity contribution in [2.24, 2.45) is 0 Å². The maximum absolute atomic E-state index is 8.90. The zero-order valence-electron chi connectivity index (χ0n) is 11.2. The fourth-order valence-corrected chi connectivity index (χ4v) is 2.14. The SMILES string of the molecule is Cc1cc(-c2ccc3ncoc3c2)nc(CCCO)n1. The van der Waals surface area contributed by atoms with Gasteiger partial charge in [0.1, 0.15) is 11.3 Å². The quantitative estimate of drug-likeness (QED) is 0.788. The molecule has 0 aliphatic heterocycles. The third-order valence-electron chi connectivity index (χ3n) is 3.09. The first-order valence-electron chi connectivity index (χ1n) is 6.55. The molecule has 0 amide bonds. The van der Waals surface area contributed by atoms with E-state index in [0.29, 0.717) is 12.8 Å². The van der Waals surface area contributed by atoms with Crippen LogP contribution in [0.15, 0.2) is 35.1 Å². The molecule has 0 spiro atoms. The van der Waals surface area contributed by atoms with Crippen molar-refractivity contribution in [1.29, 1.82) is 0 Å². The van der Waals surface area contributed by atoms with E-state index in [0.717, 1.165) is 33.9 Å². The average Bonchev–Trinajstić information content (AvgIpc) is 2.92. The number of fused-ring (bicyclic) bond motifs is 1. The highest BCUT2D eigenvalue weighted by Crippen LogP contribution is 2.23. The van der Waals surface area contributed by atoms with Gasteiger partial charge in [0.25, 0.3) is 0 Å². The lowest BCUT2D eigenvalue weighted by Crippen LogP contribution is -2.00. The summed E-state index contributed by atoms with van der Waals surface area (Å²) < 4.78 is 5.32. The molecule has 1 aromatic carbocycles. The minimum Gasteiger partial charge on any atom is -0.443 e. The van der Waals surface area contributed by atoms with Gasteiger partial charge in [0.05, 0.1) is 5.69 Å². The lowest BCUT2D eigenvalue weighted by molar-refractivity contribution is 0.287. The number of hydrogen-bond acceptors (Lipinski definition) is 5. The topological polar surface area (TPSA) is 72.0 Å². The van der Waals surface area contributed by atoms with Crippen LogP contribution in [0.25, 0.3) is 22.4 Å². The second-order valence-electron chi connectivity index (χ2n) is 4.67. The van der Waals surface area contributed by atoms with E-state index in [1.54, 1.807) is 0 Å². The minimum atomic E-state index is 0.149. The molecule has 3 rings (SSSR count). The molecule has 0 bridgehead atoms. The summed E-state index contributed by atoms with van der Waals surface area (Å²) in [6.07, 6.45) is 2.78.